The summed E-state index contributed by atoms with van der Waals surface area (Å²) in [6, 6.07) is 13.7. The van der Waals surface area contributed by atoms with Crippen LogP contribution in [0.15, 0.2) is 42.5 Å². The van der Waals surface area contributed by atoms with E-state index in [0.717, 1.165) is 16.5 Å². The molecule has 0 aliphatic rings. The van der Waals surface area contributed by atoms with Gasteiger partial charge in [-0.1, -0.05) is 36.4 Å². The van der Waals surface area contributed by atoms with Crippen LogP contribution < -0.4 is 11.1 Å². The van der Waals surface area contributed by atoms with Crippen LogP contribution >= 0.6 is 0 Å². The van der Waals surface area contributed by atoms with E-state index in [1.165, 1.54) is 0 Å². The maximum Gasteiger partial charge on any atom is 0.322 e. The second-order valence-corrected chi connectivity index (χ2v) is 5.53. The molecule has 0 heterocycles. The van der Waals surface area contributed by atoms with Crippen molar-refractivity contribution in [1.29, 1.82) is 0 Å². The summed E-state index contributed by atoms with van der Waals surface area (Å²) in [6.07, 6.45) is 0. The minimum Gasteiger partial charge on any atom is -0.328 e. The first-order valence-electron chi connectivity index (χ1n) is 6.68. The number of urea groups is 1. The quantitative estimate of drug-likeness (QED) is 0.901. The molecule has 2 aromatic carbocycles. The Bertz CT molecular complexity index is 617. The van der Waals surface area contributed by atoms with Crippen molar-refractivity contribution in [1.82, 2.24) is 4.90 Å². The van der Waals surface area contributed by atoms with Gasteiger partial charge in [0.15, 0.2) is 0 Å². The highest BCUT2D eigenvalue weighted by atomic mass is 16.2. The molecule has 106 valence electrons. The molecular weight excluding hydrogens is 250 g/mol. The fourth-order valence-electron chi connectivity index (χ4n) is 1.95. The smallest absolute Gasteiger partial charge is 0.322 e. The normalized spacial score (nSPS) is 11.4. The van der Waals surface area contributed by atoms with E-state index in [-0.39, 0.29) is 11.6 Å². The van der Waals surface area contributed by atoms with Crippen LogP contribution in [0.25, 0.3) is 10.8 Å². The molecule has 0 aliphatic heterocycles. The molecule has 0 saturated heterocycles. The number of likely N-dealkylation sites (N-methyl/N-ethyl adjacent to an activating group) is 1. The predicted molar refractivity (Wildman–Crippen MR) is 83.9 cm³/mol. The lowest BCUT2D eigenvalue weighted by atomic mass is 10.0. The molecule has 4 nitrogen and oxygen atoms in total. The van der Waals surface area contributed by atoms with Crippen molar-refractivity contribution in [3.8, 4) is 0 Å². The van der Waals surface area contributed by atoms with Gasteiger partial charge < -0.3 is 16.0 Å². The Morgan fingerprint density at radius 1 is 1.20 bits per heavy atom. The van der Waals surface area contributed by atoms with Gasteiger partial charge in [0.1, 0.15) is 0 Å². The highest BCUT2D eigenvalue weighted by Crippen LogP contribution is 2.23. The molecule has 0 atom stereocenters. The standard InChI is InChI=1S/C16H21N3O/c1-16(2,11-17)19(3)15(20)18-14-10-6-8-12-7-4-5-9-13(12)14/h4-10H,11,17H2,1-3H3,(H,18,20). The van der Waals surface area contributed by atoms with Crippen LogP contribution in [0.4, 0.5) is 10.5 Å². The van der Waals surface area contributed by atoms with Crippen molar-refractivity contribution in [3.05, 3.63) is 42.5 Å². The number of fused-ring (bicyclic) bond motifs is 1. The topological polar surface area (TPSA) is 58.4 Å². The number of rotatable bonds is 3. The Kier molecular flexibility index (Phi) is 3.95. The number of hydrogen-bond donors (Lipinski definition) is 2. The number of hydrogen-bond acceptors (Lipinski definition) is 2. The first-order chi connectivity index (χ1) is 9.45. The Morgan fingerprint density at radius 3 is 2.55 bits per heavy atom. The maximum atomic E-state index is 12.3. The van der Waals surface area contributed by atoms with Gasteiger partial charge in [-0.15, -0.1) is 0 Å². The van der Waals surface area contributed by atoms with Gasteiger partial charge in [-0.25, -0.2) is 4.79 Å². The van der Waals surface area contributed by atoms with Crippen molar-refractivity contribution >= 4 is 22.5 Å². The fraction of sp³-hybridized carbons (Fsp3) is 0.312. The van der Waals surface area contributed by atoms with Gasteiger partial charge in [-0.05, 0) is 25.3 Å². The summed E-state index contributed by atoms with van der Waals surface area (Å²) in [5.41, 5.74) is 6.14. The molecule has 2 amide bonds. The van der Waals surface area contributed by atoms with E-state index in [1.807, 2.05) is 56.3 Å². The number of anilines is 1. The third kappa shape index (κ3) is 2.75. The zero-order valence-electron chi connectivity index (χ0n) is 12.2. The van der Waals surface area contributed by atoms with Crippen LogP contribution in [-0.4, -0.2) is 30.1 Å². The van der Waals surface area contributed by atoms with Crippen molar-refractivity contribution < 1.29 is 4.79 Å². The van der Waals surface area contributed by atoms with Gasteiger partial charge in [0, 0.05) is 19.0 Å². The summed E-state index contributed by atoms with van der Waals surface area (Å²) >= 11 is 0. The van der Waals surface area contributed by atoms with Crippen LogP contribution in [0.5, 0.6) is 0 Å². The molecule has 3 N–H and O–H groups in total. The fourth-order valence-corrected chi connectivity index (χ4v) is 1.95. The number of nitrogens with two attached hydrogens (primary N) is 1. The summed E-state index contributed by atoms with van der Waals surface area (Å²) < 4.78 is 0. The molecule has 0 unspecified atom stereocenters. The van der Waals surface area contributed by atoms with Crippen LogP contribution in [0.1, 0.15) is 13.8 Å². The molecular formula is C16H21N3O. The Morgan fingerprint density at radius 2 is 1.85 bits per heavy atom. The third-order valence-electron chi connectivity index (χ3n) is 3.74. The van der Waals surface area contributed by atoms with E-state index in [9.17, 15) is 4.79 Å². The number of carbonyl (C=O) groups is 1. The maximum absolute atomic E-state index is 12.3. The monoisotopic (exact) mass is 271 g/mol. The average molecular weight is 271 g/mol. The predicted octanol–water partition coefficient (Wildman–Crippen LogP) is 3.04. The summed E-state index contributed by atoms with van der Waals surface area (Å²) in [5, 5.41) is 5.09. The first-order valence-corrected chi connectivity index (χ1v) is 6.68. The Balaban J connectivity index is 2.27. The highest BCUT2D eigenvalue weighted by molar-refractivity contribution is 6.01. The van der Waals surface area contributed by atoms with E-state index in [0.29, 0.717) is 6.54 Å². The van der Waals surface area contributed by atoms with E-state index < -0.39 is 0 Å². The van der Waals surface area contributed by atoms with Gasteiger partial charge >= 0.3 is 6.03 Å². The lowest BCUT2D eigenvalue weighted by molar-refractivity contribution is 0.172. The number of carbonyl (C=O) groups excluding carboxylic acids is 1. The minimum atomic E-state index is -0.380. The molecule has 0 bridgehead atoms. The highest BCUT2D eigenvalue weighted by Gasteiger charge is 2.26. The average Bonchev–Trinajstić information content (AvgIpc) is 2.46. The van der Waals surface area contributed by atoms with E-state index in [2.05, 4.69) is 5.32 Å². The van der Waals surface area contributed by atoms with Crippen molar-refractivity contribution in [2.24, 2.45) is 5.73 Å². The minimum absolute atomic E-state index is 0.156. The second-order valence-electron chi connectivity index (χ2n) is 5.53. The second kappa shape index (κ2) is 5.51. The van der Waals surface area contributed by atoms with Crippen LogP contribution in [0.2, 0.25) is 0 Å². The molecule has 0 spiro atoms. The van der Waals surface area contributed by atoms with Crippen molar-refractivity contribution in [2.45, 2.75) is 19.4 Å². The van der Waals surface area contributed by atoms with Crippen LogP contribution in [0.3, 0.4) is 0 Å². The number of nitrogens with one attached hydrogen (secondary N) is 1. The van der Waals surface area contributed by atoms with E-state index in [1.54, 1.807) is 11.9 Å². The summed E-state index contributed by atoms with van der Waals surface area (Å²) in [4.78, 5) is 14.0. The summed E-state index contributed by atoms with van der Waals surface area (Å²) in [5.74, 6) is 0. The summed E-state index contributed by atoms with van der Waals surface area (Å²) in [6.45, 7) is 4.29. The molecule has 2 aromatic rings. The molecule has 0 saturated carbocycles. The SMILES string of the molecule is CN(C(=O)Nc1cccc2ccccc12)C(C)(C)CN. The van der Waals surface area contributed by atoms with Gasteiger partial charge in [-0.3, -0.25) is 0 Å². The molecule has 4 heteroatoms. The van der Waals surface area contributed by atoms with Crippen LogP contribution in [-0.2, 0) is 0 Å². The number of amides is 2. The largest absolute Gasteiger partial charge is 0.328 e. The summed E-state index contributed by atoms with van der Waals surface area (Å²) in [7, 11) is 1.76. The Hall–Kier alpha value is -2.07. The van der Waals surface area contributed by atoms with Crippen molar-refractivity contribution in [3.63, 3.8) is 0 Å². The lowest BCUT2D eigenvalue weighted by Crippen LogP contribution is -2.51. The first kappa shape index (κ1) is 14.3. The van der Waals surface area contributed by atoms with Gasteiger partial charge in [-0.2, -0.15) is 0 Å². The van der Waals surface area contributed by atoms with Crippen LogP contribution in [0, 0.1) is 0 Å². The van der Waals surface area contributed by atoms with E-state index in [4.69, 9.17) is 5.73 Å². The number of nitrogens with zero attached hydrogens (tertiary/aromatic N) is 1. The van der Waals surface area contributed by atoms with E-state index >= 15 is 0 Å². The lowest BCUT2D eigenvalue weighted by Gasteiger charge is -2.34. The molecule has 20 heavy (non-hydrogen) atoms. The molecule has 0 aromatic heterocycles. The number of benzene rings is 2. The zero-order valence-corrected chi connectivity index (χ0v) is 12.2. The Labute approximate surface area is 119 Å². The third-order valence-corrected chi connectivity index (χ3v) is 3.74. The zero-order chi connectivity index (χ0) is 14.8. The van der Waals surface area contributed by atoms with Gasteiger partial charge in [0.2, 0.25) is 0 Å². The molecule has 0 radical (unpaired) electrons. The molecule has 0 aliphatic carbocycles. The van der Waals surface area contributed by atoms with Gasteiger partial charge in [0.05, 0.1) is 11.2 Å². The van der Waals surface area contributed by atoms with Gasteiger partial charge in [0.25, 0.3) is 0 Å². The molecule has 0 fully saturated rings. The molecule has 2 rings (SSSR count). The van der Waals surface area contributed by atoms with Crippen molar-refractivity contribution in [2.75, 3.05) is 18.9 Å².